The van der Waals surface area contributed by atoms with Crippen LogP contribution in [0.25, 0.3) is 0 Å². The van der Waals surface area contributed by atoms with Gasteiger partial charge in [0, 0.05) is 36.6 Å². The van der Waals surface area contributed by atoms with E-state index in [1.54, 1.807) is 11.3 Å². The van der Waals surface area contributed by atoms with Gasteiger partial charge in [-0.2, -0.15) is 0 Å². The third kappa shape index (κ3) is 3.25. The number of thiazole rings is 1. The van der Waals surface area contributed by atoms with Crippen molar-refractivity contribution in [2.45, 2.75) is 20.0 Å². The fourth-order valence-electron chi connectivity index (χ4n) is 1.67. The van der Waals surface area contributed by atoms with Gasteiger partial charge in [0.25, 0.3) is 0 Å². The van der Waals surface area contributed by atoms with E-state index in [2.05, 4.69) is 28.8 Å². The van der Waals surface area contributed by atoms with E-state index < -0.39 is 0 Å². The van der Waals surface area contributed by atoms with Crippen molar-refractivity contribution in [2.24, 2.45) is 0 Å². The number of nitrogens with two attached hydrogens (primary N) is 1. The molecular formula is C12H16N4S. The minimum Gasteiger partial charge on any atom is -0.375 e. The van der Waals surface area contributed by atoms with Gasteiger partial charge in [0.1, 0.15) is 0 Å². The molecule has 90 valence electrons. The third-order valence-corrected chi connectivity index (χ3v) is 3.40. The number of aromatic nitrogens is 2. The summed E-state index contributed by atoms with van der Waals surface area (Å²) in [5.74, 6) is 0. The van der Waals surface area contributed by atoms with Crippen LogP contribution in [0.3, 0.4) is 0 Å². The predicted octanol–water partition coefficient (Wildman–Crippen LogP) is 2.06. The molecule has 5 heteroatoms. The van der Waals surface area contributed by atoms with Crippen LogP contribution in [-0.4, -0.2) is 21.9 Å². The van der Waals surface area contributed by atoms with Crippen LogP contribution in [0, 0.1) is 6.92 Å². The second-order valence-corrected chi connectivity index (χ2v) is 5.29. The first-order chi connectivity index (χ1) is 8.15. The summed E-state index contributed by atoms with van der Waals surface area (Å²) in [6.07, 6.45) is 5.59. The summed E-state index contributed by atoms with van der Waals surface area (Å²) in [7, 11) is 2.09. The van der Waals surface area contributed by atoms with Crippen LogP contribution >= 0.6 is 11.3 Å². The minimum atomic E-state index is 0.631. The molecular weight excluding hydrogens is 232 g/mol. The van der Waals surface area contributed by atoms with Crippen LogP contribution in [0.5, 0.6) is 0 Å². The van der Waals surface area contributed by atoms with Gasteiger partial charge in [0.15, 0.2) is 5.13 Å². The lowest BCUT2D eigenvalue weighted by Gasteiger charge is -2.16. The third-order valence-electron chi connectivity index (χ3n) is 2.58. The van der Waals surface area contributed by atoms with E-state index in [0.717, 1.165) is 13.1 Å². The highest BCUT2D eigenvalue weighted by atomic mass is 32.1. The van der Waals surface area contributed by atoms with E-state index in [1.807, 2.05) is 24.7 Å². The molecule has 0 fully saturated rings. The smallest absolute Gasteiger partial charge is 0.180 e. The van der Waals surface area contributed by atoms with Crippen LogP contribution in [0.4, 0.5) is 5.13 Å². The zero-order chi connectivity index (χ0) is 12.3. The number of nitrogens with zero attached hydrogens (tertiary/aromatic N) is 3. The molecule has 2 aromatic rings. The van der Waals surface area contributed by atoms with Crippen molar-refractivity contribution >= 4 is 16.5 Å². The highest BCUT2D eigenvalue weighted by Gasteiger charge is 2.06. The van der Waals surface area contributed by atoms with Crippen molar-refractivity contribution in [3.63, 3.8) is 0 Å². The second-order valence-electron chi connectivity index (χ2n) is 4.14. The quantitative estimate of drug-likeness (QED) is 0.900. The Morgan fingerprint density at radius 3 is 2.82 bits per heavy atom. The van der Waals surface area contributed by atoms with E-state index in [9.17, 15) is 0 Å². The number of hydrogen-bond donors (Lipinski definition) is 1. The van der Waals surface area contributed by atoms with E-state index >= 15 is 0 Å². The first-order valence-electron chi connectivity index (χ1n) is 5.43. The molecule has 0 aliphatic rings. The molecule has 2 N–H and O–H groups in total. The Balaban J connectivity index is 1.98. The van der Waals surface area contributed by atoms with Crippen molar-refractivity contribution in [1.29, 1.82) is 0 Å². The Bertz CT molecular complexity index is 495. The van der Waals surface area contributed by atoms with Gasteiger partial charge in [-0.1, -0.05) is 0 Å². The molecule has 2 aromatic heterocycles. The maximum absolute atomic E-state index is 5.61. The van der Waals surface area contributed by atoms with Gasteiger partial charge >= 0.3 is 0 Å². The maximum atomic E-state index is 5.61. The number of anilines is 1. The summed E-state index contributed by atoms with van der Waals surface area (Å²) in [5, 5.41) is 0.631. The molecule has 17 heavy (non-hydrogen) atoms. The van der Waals surface area contributed by atoms with Crippen LogP contribution < -0.4 is 5.73 Å². The molecule has 0 amide bonds. The summed E-state index contributed by atoms with van der Waals surface area (Å²) >= 11 is 1.54. The molecule has 0 saturated carbocycles. The molecule has 0 unspecified atom stereocenters. The SMILES string of the molecule is Cc1ccncc1CN(C)Cc1cnc(N)s1. The molecule has 2 heterocycles. The Morgan fingerprint density at radius 2 is 2.18 bits per heavy atom. The molecule has 0 bridgehead atoms. The lowest BCUT2D eigenvalue weighted by molar-refractivity contribution is 0.320. The molecule has 2 rings (SSSR count). The number of pyridine rings is 1. The van der Waals surface area contributed by atoms with Gasteiger partial charge in [-0.3, -0.25) is 9.88 Å². The van der Waals surface area contributed by atoms with Crippen molar-refractivity contribution < 1.29 is 0 Å². The maximum Gasteiger partial charge on any atom is 0.180 e. The van der Waals surface area contributed by atoms with E-state index in [0.29, 0.717) is 5.13 Å². The molecule has 0 aliphatic carbocycles. The van der Waals surface area contributed by atoms with E-state index in [-0.39, 0.29) is 0 Å². The average molecular weight is 248 g/mol. The Morgan fingerprint density at radius 1 is 1.35 bits per heavy atom. The van der Waals surface area contributed by atoms with Gasteiger partial charge < -0.3 is 5.73 Å². The Hall–Kier alpha value is -1.46. The normalized spacial score (nSPS) is 11.0. The monoisotopic (exact) mass is 248 g/mol. The number of hydrogen-bond acceptors (Lipinski definition) is 5. The van der Waals surface area contributed by atoms with Gasteiger partial charge in [0.2, 0.25) is 0 Å². The minimum absolute atomic E-state index is 0.631. The van der Waals surface area contributed by atoms with Gasteiger partial charge in [0.05, 0.1) is 0 Å². The summed E-state index contributed by atoms with van der Waals surface area (Å²) in [4.78, 5) is 11.6. The highest BCUT2D eigenvalue weighted by molar-refractivity contribution is 7.15. The van der Waals surface area contributed by atoms with Crippen LogP contribution in [-0.2, 0) is 13.1 Å². The summed E-state index contributed by atoms with van der Waals surface area (Å²) in [6.45, 7) is 3.86. The summed E-state index contributed by atoms with van der Waals surface area (Å²) in [5.41, 5.74) is 8.14. The molecule has 0 aromatic carbocycles. The largest absolute Gasteiger partial charge is 0.375 e. The van der Waals surface area contributed by atoms with Crippen LogP contribution in [0.15, 0.2) is 24.7 Å². The topological polar surface area (TPSA) is 55.0 Å². The molecule has 0 radical (unpaired) electrons. The molecule has 0 atom stereocenters. The first-order valence-corrected chi connectivity index (χ1v) is 6.25. The molecule has 0 spiro atoms. The molecule has 0 saturated heterocycles. The Labute approximate surface area is 105 Å². The van der Waals surface area contributed by atoms with E-state index in [4.69, 9.17) is 5.73 Å². The number of nitrogen functional groups attached to an aromatic ring is 1. The first kappa shape index (κ1) is 12.0. The van der Waals surface area contributed by atoms with Crippen molar-refractivity contribution in [1.82, 2.24) is 14.9 Å². The van der Waals surface area contributed by atoms with E-state index in [1.165, 1.54) is 16.0 Å². The van der Waals surface area contributed by atoms with Crippen molar-refractivity contribution in [2.75, 3.05) is 12.8 Å². The van der Waals surface area contributed by atoms with Gasteiger partial charge in [-0.05, 0) is 31.2 Å². The second kappa shape index (κ2) is 5.25. The Kier molecular flexibility index (Phi) is 3.71. The standard InChI is InChI=1S/C12H16N4S/c1-9-3-4-14-5-10(9)7-16(2)8-11-6-15-12(13)17-11/h3-6H,7-8H2,1-2H3,(H2,13,15). The van der Waals surface area contributed by atoms with Crippen LogP contribution in [0.2, 0.25) is 0 Å². The number of aryl methyl sites for hydroxylation is 1. The van der Waals surface area contributed by atoms with Crippen LogP contribution in [0.1, 0.15) is 16.0 Å². The highest BCUT2D eigenvalue weighted by Crippen LogP contribution is 2.17. The summed E-state index contributed by atoms with van der Waals surface area (Å²) in [6, 6.07) is 2.04. The lowest BCUT2D eigenvalue weighted by Crippen LogP contribution is -2.17. The molecule has 4 nitrogen and oxygen atoms in total. The van der Waals surface area contributed by atoms with Gasteiger partial charge in [-0.25, -0.2) is 4.98 Å². The fraction of sp³-hybridized carbons (Fsp3) is 0.333. The van der Waals surface area contributed by atoms with Crippen molar-refractivity contribution in [3.05, 3.63) is 40.7 Å². The zero-order valence-corrected chi connectivity index (χ0v) is 10.9. The zero-order valence-electron chi connectivity index (χ0n) is 10.1. The fourth-order valence-corrected chi connectivity index (χ4v) is 2.44. The van der Waals surface area contributed by atoms with Gasteiger partial charge in [-0.15, -0.1) is 11.3 Å². The molecule has 0 aliphatic heterocycles. The van der Waals surface area contributed by atoms with Crippen molar-refractivity contribution in [3.8, 4) is 0 Å². The summed E-state index contributed by atoms with van der Waals surface area (Å²) < 4.78 is 0. The number of rotatable bonds is 4. The predicted molar refractivity (Wildman–Crippen MR) is 70.7 cm³/mol. The lowest BCUT2D eigenvalue weighted by atomic mass is 10.1. The average Bonchev–Trinajstić information content (AvgIpc) is 2.67.